The molecule has 0 aliphatic carbocycles. The molecule has 1 aromatic heterocycles. The fourth-order valence-corrected chi connectivity index (χ4v) is 3.62. The van der Waals surface area contributed by atoms with Crippen LogP contribution in [0.1, 0.15) is 17.5 Å². The molecule has 1 saturated heterocycles. The molecule has 0 spiro atoms. The highest BCUT2D eigenvalue weighted by Gasteiger charge is 2.34. The number of pyridine rings is 1. The summed E-state index contributed by atoms with van der Waals surface area (Å²) in [7, 11) is 1.68. The second-order valence-corrected chi connectivity index (χ2v) is 6.43. The minimum atomic E-state index is 0.318. The molecule has 2 aromatic rings. The SMILES string of the molecule is COc1cncc(C2=CC3COCC(C2)N3Cc2ccccc2)c1. The highest BCUT2D eigenvalue weighted by molar-refractivity contribution is 5.68. The Bertz CT molecular complexity index is 729. The Morgan fingerprint density at radius 2 is 2.08 bits per heavy atom. The minimum Gasteiger partial charge on any atom is -0.495 e. The second kappa shape index (κ2) is 6.75. The fourth-order valence-electron chi connectivity index (χ4n) is 3.62. The van der Waals surface area contributed by atoms with Crippen LogP contribution in [0.15, 0.2) is 54.9 Å². The summed E-state index contributed by atoms with van der Waals surface area (Å²) in [5.41, 5.74) is 3.86. The van der Waals surface area contributed by atoms with Crippen LogP contribution in [-0.2, 0) is 11.3 Å². The lowest BCUT2D eigenvalue weighted by atomic mass is 9.90. The van der Waals surface area contributed by atoms with Crippen LogP contribution in [0.4, 0.5) is 0 Å². The van der Waals surface area contributed by atoms with Gasteiger partial charge in [0.25, 0.3) is 0 Å². The molecule has 4 heteroatoms. The average Bonchev–Trinajstić information content (AvgIpc) is 2.62. The van der Waals surface area contributed by atoms with Crippen molar-refractivity contribution < 1.29 is 9.47 Å². The predicted octanol–water partition coefficient (Wildman–Crippen LogP) is 3.15. The van der Waals surface area contributed by atoms with E-state index in [4.69, 9.17) is 9.47 Å². The van der Waals surface area contributed by atoms with Gasteiger partial charge in [0, 0.05) is 18.8 Å². The van der Waals surface area contributed by atoms with Gasteiger partial charge in [-0.3, -0.25) is 9.88 Å². The van der Waals surface area contributed by atoms with E-state index >= 15 is 0 Å². The van der Waals surface area contributed by atoms with Crippen molar-refractivity contribution in [1.29, 1.82) is 0 Å². The number of fused-ring (bicyclic) bond motifs is 2. The summed E-state index contributed by atoms with van der Waals surface area (Å²) in [6, 6.07) is 13.5. The standard InChI is InChI=1S/C20H22N2O2/c1-23-20-9-17(10-21-11-20)16-7-18-13-24-14-19(8-16)22(18)12-15-5-3-2-4-6-15/h2-7,9-11,18-19H,8,12-14H2,1H3. The van der Waals surface area contributed by atoms with Crippen molar-refractivity contribution in [3.05, 3.63) is 66.0 Å². The first-order valence-electron chi connectivity index (χ1n) is 8.41. The Balaban J connectivity index is 1.59. The zero-order valence-electron chi connectivity index (χ0n) is 13.9. The third-order valence-corrected chi connectivity index (χ3v) is 4.87. The second-order valence-electron chi connectivity index (χ2n) is 6.43. The van der Waals surface area contributed by atoms with Crippen LogP contribution in [0, 0.1) is 0 Å². The Hall–Kier alpha value is -2.17. The Labute approximate surface area is 142 Å². The molecule has 4 nitrogen and oxygen atoms in total. The van der Waals surface area contributed by atoms with Gasteiger partial charge in [0.2, 0.25) is 0 Å². The normalized spacial score (nSPS) is 23.6. The van der Waals surface area contributed by atoms with Crippen molar-refractivity contribution in [2.45, 2.75) is 25.0 Å². The highest BCUT2D eigenvalue weighted by Crippen LogP contribution is 2.34. The van der Waals surface area contributed by atoms with Crippen LogP contribution in [0.3, 0.4) is 0 Å². The van der Waals surface area contributed by atoms with Gasteiger partial charge < -0.3 is 9.47 Å². The number of nitrogens with zero attached hydrogens (tertiary/aromatic N) is 2. The number of aromatic nitrogens is 1. The maximum Gasteiger partial charge on any atom is 0.137 e. The van der Waals surface area contributed by atoms with Crippen LogP contribution < -0.4 is 4.74 Å². The van der Waals surface area contributed by atoms with Crippen molar-refractivity contribution >= 4 is 5.57 Å². The lowest BCUT2D eigenvalue weighted by Gasteiger charge is -2.44. The first-order chi connectivity index (χ1) is 11.8. The monoisotopic (exact) mass is 322 g/mol. The van der Waals surface area contributed by atoms with Crippen molar-refractivity contribution in [2.24, 2.45) is 0 Å². The third kappa shape index (κ3) is 3.07. The summed E-state index contributed by atoms with van der Waals surface area (Å²) in [5.74, 6) is 0.807. The number of ether oxygens (including phenoxy) is 2. The van der Waals surface area contributed by atoms with E-state index in [9.17, 15) is 0 Å². The Morgan fingerprint density at radius 1 is 1.21 bits per heavy atom. The van der Waals surface area contributed by atoms with E-state index in [2.05, 4.69) is 52.4 Å². The summed E-state index contributed by atoms with van der Waals surface area (Å²) in [6.07, 6.45) is 7.00. The number of hydrogen-bond acceptors (Lipinski definition) is 4. The molecule has 2 bridgehead atoms. The summed E-state index contributed by atoms with van der Waals surface area (Å²) >= 11 is 0. The molecule has 2 atom stereocenters. The molecule has 0 amide bonds. The Morgan fingerprint density at radius 3 is 2.88 bits per heavy atom. The minimum absolute atomic E-state index is 0.318. The molecule has 24 heavy (non-hydrogen) atoms. The highest BCUT2D eigenvalue weighted by atomic mass is 16.5. The van der Waals surface area contributed by atoms with Crippen molar-refractivity contribution in [3.8, 4) is 5.75 Å². The van der Waals surface area contributed by atoms with E-state index in [1.54, 1.807) is 13.3 Å². The van der Waals surface area contributed by atoms with Gasteiger partial charge in [-0.15, -0.1) is 0 Å². The van der Waals surface area contributed by atoms with Crippen LogP contribution in [0.25, 0.3) is 5.57 Å². The molecule has 2 unspecified atom stereocenters. The quantitative estimate of drug-likeness (QED) is 0.866. The van der Waals surface area contributed by atoms with E-state index in [1.807, 2.05) is 6.20 Å². The maximum absolute atomic E-state index is 5.81. The van der Waals surface area contributed by atoms with Gasteiger partial charge in [0.15, 0.2) is 0 Å². The summed E-state index contributed by atoms with van der Waals surface area (Å²) in [5, 5.41) is 0. The van der Waals surface area contributed by atoms with Gasteiger partial charge in [-0.1, -0.05) is 36.4 Å². The van der Waals surface area contributed by atoms with E-state index in [0.717, 1.165) is 37.5 Å². The zero-order valence-corrected chi connectivity index (χ0v) is 13.9. The summed E-state index contributed by atoms with van der Waals surface area (Å²) < 4.78 is 11.1. The lowest BCUT2D eigenvalue weighted by molar-refractivity contribution is -0.0402. The molecule has 124 valence electrons. The van der Waals surface area contributed by atoms with Crippen LogP contribution in [0.5, 0.6) is 5.75 Å². The molecule has 1 aromatic carbocycles. The van der Waals surface area contributed by atoms with E-state index < -0.39 is 0 Å². The fraction of sp³-hybridized carbons (Fsp3) is 0.350. The third-order valence-electron chi connectivity index (χ3n) is 4.87. The molecule has 4 rings (SSSR count). The van der Waals surface area contributed by atoms with Gasteiger partial charge in [-0.05, 0) is 29.2 Å². The smallest absolute Gasteiger partial charge is 0.137 e. The lowest BCUT2D eigenvalue weighted by Crippen LogP contribution is -2.53. The maximum atomic E-state index is 5.81. The molecule has 3 heterocycles. The number of methoxy groups -OCH3 is 1. The summed E-state index contributed by atoms with van der Waals surface area (Å²) in [6.45, 7) is 2.52. The average molecular weight is 322 g/mol. The molecule has 2 aliphatic rings. The van der Waals surface area contributed by atoms with E-state index in [-0.39, 0.29) is 0 Å². The molecule has 1 fully saturated rings. The van der Waals surface area contributed by atoms with Gasteiger partial charge >= 0.3 is 0 Å². The largest absolute Gasteiger partial charge is 0.495 e. The van der Waals surface area contributed by atoms with E-state index in [0.29, 0.717) is 12.1 Å². The van der Waals surface area contributed by atoms with Gasteiger partial charge in [0.1, 0.15) is 5.75 Å². The van der Waals surface area contributed by atoms with Crippen LogP contribution in [-0.4, -0.2) is 42.3 Å². The molecule has 2 aliphatic heterocycles. The zero-order chi connectivity index (χ0) is 16.4. The first-order valence-corrected chi connectivity index (χ1v) is 8.41. The molecular weight excluding hydrogens is 300 g/mol. The van der Waals surface area contributed by atoms with Gasteiger partial charge in [-0.2, -0.15) is 0 Å². The van der Waals surface area contributed by atoms with Gasteiger partial charge in [0.05, 0.1) is 32.6 Å². The molecule has 0 N–H and O–H groups in total. The van der Waals surface area contributed by atoms with Crippen molar-refractivity contribution in [1.82, 2.24) is 9.88 Å². The topological polar surface area (TPSA) is 34.6 Å². The van der Waals surface area contributed by atoms with E-state index in [1.165, 1.54) is 11.1 Å². The van der Waals surface area contributed by atoms with Crippen LogP contribution in [0.2, 0.25) is 0 Å². The number of benzene rings is 1. The van der Waals surface area contributed by atoms with Crippen molar-refractivity contribution in [2.75, 3.05) is 20.3 Å². The predicted molar refractivity (Wildman–Crippen MR) is 93.8 cm³/mol. The molecule has 0 saturated carbocycles. The number of hydrogen-bond donors (Lipinski definition) is 0. The number of rotatable bonds is 4. The first kappa shape index (κ1) is 15.4. The van der Waals surface area contributed by atoms with Crippen LogP contribution >= 0.6 is 0 Å². The number of morpholine rings is 1. The molecular formula is C20H22N2O2. The summed E-state index contributed by atoms with van der Waals surface area (Å²) in [4.78, 5) is 6.87. The Kier molecular flexibility index (Phi) is 4.32. The molecule has 0 radical (unpaired) electrons. The van der Waals surface area contributed by atoms with Gasteiger partial charge in [-0.25, -0.2) is 0 Å². The van der Waals surface area contributed by atoms with Crippen molar-refractivity contribution in [3.63, 3.8) is 0 Å².